The standard InChI is InChI=1S/C18H22ClN3/c19-14-5-3-4-13(12-14)18-16-8-10-20-11-9-17(16)21-22(18)15-6-1-2-7-15/h3-5,12,15,20H,1-2,6-11H2. The zero-order valence-corrected chi connectivity index (χ0v) is 13.6. The van der Waals surface area contributed by atoms with E-state index >= 15 is 0 Å². The number of nitrogens with one attached hydrogen (secondary N) is 1. The monoisotopic (exact) mass is 315 g/mol. The molecule has 3 nitrogen and oxygen atoms in total. The number of halogens is 1. The Balaban J connectivity index is 1.87. The Kier molecular flexibility index (Phi) is 3.93. The first kappa shape index (κ1) is 14.3. The fourth-order valence-electron chi connectivity index (χ4n) is 3.88. The highest BCUT2D eigenvalue weighted by molar-refractivity contribution is 6.30. The smallest absolute Gasteiger partial charge is 0.0721 e. The fourth-order valence-corrected chi connectivity index (χ4v) is 4.07. The molecule has 1 aliphatic carbocycles. The summed E-state index contributed by atoms with van der Waals surface area (Å²) >= 11 is 6.25. The number of aromatic nitrogens is 2. The second-order valence-electron chi connectivity index (χ2n) is 6.42. The van der Waals surface area contributed by atoms with E-state index in [4.69, 9.17) is 16.7 Å². The van der Waals surface area contributed by atoms with E-state index in [1.165, 1.54) is 48.2 Å². The summed E-state index contributed by atoms with van der Waals surface area (Å²) in [5.74, 6) is 0. The van der Waals surface area contributed by atoms with Crippen LogP contribution in [0.4, 0.5) is 0 Å². The van der Waals surface area contributed by atoms with Gasteiger partial charge in [0.1, 0.15) is 0 Å². The predicted molar refractivity (Wildman–Crippen MR) is 90.5 cm³/mol. The summed E-state index contributed by atoms with van der Waals surface area (Å²) in [4.78, 5) is 0. The molecule has 1 aromatic carbocycles. The van der Waals surface area contributed by atoms with Crippen LogP contribution in [0, 0.1) is 0 Å². The molecular formula is C18H22ClN3. The van der Waals surface area contributed by atoms with E-state index in [-0.39, 0.29) is 0 Å². The van der Waals surface area contributed by atoms with Gasteiger partial charge in [-0.15, -0.1) is 0 Å². The lowest BCUT2D eigenvalue weighted by molar-refractivity contribution is 0.466. The van der Waals surface area contributed by atoms with Crippen LogP contribution < -0.4 is 5.32 Å². The molecule has 0 unspecified atom stereocenters. The van der Waals surface area contributed by atoms with Crippen LogP contribution in [0.25, 0.3) is 11.3 Å². The van der Waals surface area contributed by atoms with E-state index in [1.54, 1.807) is 0 Å². The first-order valence-corrected chi connectivity index (χ1v) is 8.77. The van der Waals surface area contributed by atoms with Gasteiger partial charge in [0.15, 0.2) is 0 Å². The molecule has 2 heterocycles. The van der Waals surface area contributed by atoms with Crippen LogP contribution in [-0.4, -0.2) is 22.9 Å². The number of hydrogen-bond donors (Lipinski definition) is 1. The van der Waals surface area contributed by atoms with Gasteiger partial charge in [-0.2, -0.15) is 5.10 Å². The van der Waals surface area contributed by atoms with Crippen LogP contribution in [0.2, 0.25) is 5.02 Å². The molecule has 4 heteroatoms. The second-order valence-corrected chi connectivity index (χ2v) is 6.85. The van der Waals surface area contributed by atoms with Gasteiger partial charge in [0, 0.05) is 29.1 Å². The summed E-state index contributed by atoms with van der Waals surface area (Å²) in [6.07, 6.45) is 7.25. The molecule has 1 aliphatic heterocycles. The van der Waals surface area contributed by atoms with Crippen molar-refractivity contribution in [3.63, 3.8) is 0 Å². The van der Waals surface area contributed by atoms with Gasteiger partial charge in [-0.3, -0.25) is 4.68 Å². The largest absolute Gasteiger partial charge is 0.316 e. The third kappa shape index (κ3) is 2.57. The first-order chi connectivity index (χ1) is 10.8. The molecule has 0 atom stereocenters. The Morgan fingerprint density at radius 2 is 1.95 bits per heavy atom. The molecule has 0 saturated heterocycles. The van der Waals surface area contributed by atoms with Crippen LogP contribution >= 0.6 is 11.6 Å². The summed E-state index contributed by atoms with van der Waals surface area (Å²) in [7, 11) is 0. The third-order valence-corrected chi connectivity index (χ3v) is 5.19. The Bertz CT molecular complexity index is 671. The Hall–Kier alpha value is -1.32. The van der Waals surface area contributed by atoms with Crippen molar-refractivity contribution in [2.45, 2.75) is 44.6 Å². The molecule has 1 fully saturated rings. The highest BCUT2D eigenvalue weighted by Gasteiger charge is 2.26. The van der Waals surface area contributed by atoms with Crippen LogP contribution in [0.5, 0.6) is 0 Å². The summed E-state index contributed by atoms with van der Waals surface area (Å²) in [6, 6.07) is 8.82. The van der Waals surface area contributed by atoms with Gasteiger partial charge in [0.25, 0.3) is 0 Å². The minimum atomic E-state index is 0.564. The molecule has 2 aliphatic rings. The number of nitrogens with zero attached hydrogens (tertiary/aromatic N) is 2. The molecule has 0 spiro atoms. The molecule has 22 heavy (non-hydrogen) atoms. The van der Waals surface area contributed by atoms with Crippen molar-refractivity contribution in [3.05, 3.63) is 40.5 Å². The number of benzene rings is 1. The van der Waals surface area contributed by atoms with Crippen molar-refractivity contribution in [1.29, 1.82) is 0 Å². The van der Waals surface area contributed by atoms with Crippen LogP contribution in [0.3, 0.4) is 0 Å². The predicted octanol–water partition coefficient (Wildman–Crippen LogP) is 4.01. The molecule has 1 N–H and O–H groups in total. The van der Waals surface area contributed by atoms with Gasteiger partial charge >= 0.3 is 0 Å². The van der Waals surface area contributed by atoms with Crippen LogP contribution in [0.15, 0.2) is 24.3 Å². The van der Waals surface area contributed by atoms with E-state index in [1.807, 2.05) is 12.1 Å². The minimum absolute atomic E-state index is 0.564. The summed E-state index contributed by atoms with van der Waals surface area (Å²) < 4.78 is 2.33. The summed E-state index contributed by atoms with van der Waals surface area (Å²) in [5.41, 5.74) is 5.24. The maximum Gasteiger partial charge on any atom is 0.0721 e. The van der Waals surface area contributed by atoms with Gasteiger partial charge in [0.2, 0.25) is 0 Å². The normalized spacial score (nSPS) is 19.1. The van der Waals surface area contributed by atoms with Crippen molar-refractivity contribution in [3.8, 4) is 11.3 Å². The van der Waals surface area contributed by atoms with E-state index in [0.29, 0.717) is 6.04 Å². The fraction of sp³-hybridized carbons (Fsp3) is 0.500. The van der Waals surface area contributed by atoms with Crippen molar-refractivity contribution >= 4 is 11.6 Å². The first-order valence-electron chi connectivity index (χ1n) is 8.40. The molecule has 1 aromatic heterocycles. The summed E-state index contributed by atoms with van der Waals surface area (Å²) in [5, 5.41) is 9.32. The van der Waals surface area contributed by atoms with E-state index in [0.717, 1.165) is 31.0 Å². The Morgan fingerprint density at radius 1 is 1.14 bits per heavy atom. The van der Waals surface area contributed by atoms with Gasteiger partial charge in [-0.05, 0) is 37.9 Å². The third-order valence-electron chi connectivity index (χ3n) is 4.95. The molecule has 0 amide bonds. The lowest BCUT2D eigenvalue weighted by atomic mass is 10.0. The van der Waals surface area contributed by atoms with E-state index in [2.05, 4.69) is 22.1 Å². The lowest BCUT2D eigenvalue weighted by Gasteiger charge is -2.16. The molecule has 0 radical (unpaired) electrons. The molecule has 116 valence electrons. The lowest BCUT2D eigenvalue weighted by Crippen LogP contribution is -2.17. The maximum absolute atomic E-state index is 6.25. The highest BCUT2D eigenvalue weighted by Crippen LogP contribution is 2.37. The van der Waals surface area contributed by atoms with Crippen molar-refractivity contribution in [2.75, 3.05) is 13.1 Å². The molecular weight excluding hydrogens is 294 g/mol. The number of rotatable bonds is 2. The van der Waals surface area contributed by atoms with Crippen molar-refractivity contribution < 1.29 is 0 Å². The summed E-state index contributed by atoms with van der Waals surface area (Å²) in [6.45, 7) is 2.07. The van der Waals surface area contributed by atoms with Crippen molar-refractivity contribution in [1.82, 2.24) is 15.1 Å². The van der Waals surface area contributed by atoms with Gasteiger partial charge < -0.3 is 5.32 Å². The van der Waals surface area contributed by atoms with Gasteiger partial charge in [-0.25, -0.2) is 0 Å². The number of fused-ring (bicyclic) bond motifs is 1. The maximum atomic E-state index is 6.25. The average Bonchev–Trinajstić information content (AvgIpc) is 3.10. The second kappa shape index (κ2) is 6.05. The molecule has 4 rings (SSSR count). The molecule has 0 bridgehead atoms. The SMILES string of the molecule is Clc1cccc(-c2c3c(nn2C2CCCC2)CCNCC3)c1. The molecule has 1 saturated carbocycles. The quantitative estimate of drug-likeness (QED) is 0.907. The van der Waals surface area contributed by atoms with Crippen LogP contribution in [0.1, 0.15) is 43.0 Å². The Labute approximate surface area is 136 Å². The average molecular weight is 316 g/mol. The van der Waals surface area contributed by atoms with E-state index in [9.17, 15) is 0 Å². The zero-order chi connectivity index (χ0) is 14.9. The number of hydrogen-bond acceptors (Lipinski definition) is 2. The zero-order valence-electron chi connectivity index (χ0n) is 12.8. The van der Waals surface area contributed by atoms with Gasteiger partial charge in [0.05, 0.1) is 17.4 Å². The Morgan fingerprint density at radius 3 is 2.77 bits per heavy atom. The van der Waals surface area contributed by atoms with E-state index < -0.39 is 0 Å². The van der Waals surface area contributed by atoms with Crippen molar-refractivity contribution in [2.24, 2.45) is 0 Å². The topological polar surface area (TPSA) is 29.9 Å². The van der Waals surface area contributed by atoms with Crippen LogP contribution in [-0.2, 0) is 12.8 Å². The van der Waals surface area contributed by atoms with Gasteiger partial charge in [-0.1, -0.05) is 36.6 Å². The molecule has 2 aromatic rings. The highest BCUT2D eigenvalue weighted by atomic mass is 35.5. The minimum Gasteiger partial charge on any atom is -0.316 e.